The summed E-state index contributed by atoms with van der Waals surface area (Å²) in [7, 11) is 1.20. The van der Waals surface area contributed by atoms with E-state index >= 15 is 0 Å². The summed E-state index contributed by atoms with van der Waals surface area (Å²) in [5.41, 5.74) is 2.38. The van der Waals surface area contributed by atoms with Gasteiger partial charge in [0.15, 0.2) is 0 Å². The second kappa shape index (κ2) is 12.5. The molecule has 0 fully saturated rings. The first-order valence-corrected chi connectivity index (χ1v) is 11.3. The fourth-order valence-corrected chi connectivity index (χ4v) is 3.26. The first kappa shape index (κ1) is 25.7. The SMILES string of the molecule is CCCCOC(=O)NC(CNC(=O)CC1CC(c2ccc(-c3noc(C)n3)cc2)=NO1)C(=O)OC. The highest BCUT2D eigenvalue weighted by Crippen LogP contribution is 2.22. The minimum atomic E-state index is -1.07. The molecule has 3 rings (SSSR count). The van der Waals surface area contributed by atoms with Crippen molar-refractivity contribution in [2.75, 3.05) is 20.3 Å². The van der Waals surface area contributed by atoms with Crippen LogP contribution < -0.4 is 10.6 Å². The highest BCUT2D eigenvalue weighted by molar-refractivity contribution is 6.01. The van der Waals surface area contributed by atoms with Gasteiger partial charge in [0, 0.05) is 25.5 Å². The molecular formula is C23H29N5O7. The molecule has 1 aromatic carbocycles. The predicted molar refractivity (Wildman–Crippen MR) is 123 cm³/mol. The van der Waals surface area contributed by atoms with Crippen LogP contribution in [0.4, 0.5) is 4.79 Å². The number of nitrogens with one attached hydrogen (secondary N) is 2. The van der Waals surface area contributed by atoms with Crippen molar-refractivity contribution in [1.29, 1.82) is 0 Å². The third-order valence-corrected chi connectivity index (χ3v) is 5.16. The van der Waals surface area contributed by atoms with Crippen LogP contribution in [0.25, 0.3) is 11.4 Å². The van der Waals surface area contributed by atoms with Gasteiger partial charge in [-0.2, -0.15) is 4.98 Å². The van der Waals surface area contributed by atoms with Crippen LogP contribution in [0.15, 0.2) is 33.9 Å². The molecule has 1 aliphatic heterocycles. The Morgan fingerprint density at radius 2 is 1.94 bits per heavy atom. The van der Waals surface area contributed by atoms with Crippen LogP contribution in [0, 0.1) is 6.92 Å². The average molecular weight is 488 g/mol. The Morgan fingerprint density at radius 3 is 2.60 bits per heavy atom. The molecule has 35 heavy (non-hydrogen) atoms. The minimum Gasteiger partial charge on any atom is -0.467 e. The third-order valence-electron chi connectivity index (χ3n) is 5.16. The van der Waals surface area contributed by atoms with Gasteiger partial charge in [-0.3, -0.25) is 4.79 Å². The summed E-state index contributed by atoms with van der Waals surface area (Å²) in [4.78, 5) is 45.8. The van der Waals surface area contributed by atoms with Gasteiger partial charge in [-0.15, -0.1) is 0 Å². The van der Waals surface area contributed by atoms with E-state index in [0.29, 0.717) is 30.3 Å². The van der Waals surface area contributed by atoms with Gasteiger partial charge < -0.3 is 29.5 Å². The number of benzene rings is 1. The number of esters is 1. The van der Waals surface area contributed by atoms with E-state index in [9.17, 15) is 14.4 Å². The number of ether oxygens (including phenoxy) is 2. The molecule has 1 aliphatic rings. The van der Waals surface area contributed by atoms with Gasteiger partial charge >= 0.3 is 12.1 Å². The number of oxime groups is 1. The molecule has 2 aromatic rings. The summed E-state index contributed by atoms with van der Waals surface area (Å²) in [5.74, 6) is -0.0641. The Bertz CT molecular complexity index is 1050. The minimum absolute atomic E-state index is 0.0298. The topological polar surface area (TPSA) is 154 Å². The molecule has 0 radical (unpaired) electrons. The van der Waals surface area contributed by atoms with E-state index < -0.39 is 24.2 Å². The number of carbonyl (C=O) groups excluding carboxylic acids is 3. The molecule has 0 spiro atoms. The van der Waals surface area contributed by atoms with Crippen molar-refractivity contribution < 1.29 is 33.2 Å². The molecule has 12 heteroatoms. The van der Waals surface area contributed by atoms with Crippen LogP contribution >= 0.6 is 0 Å². The lowest BCUT2D eigenvalue weighted by molar-refractivity contribution is -0.143. The first-order valence-electron chi connectivity index (χ1n) is 11.3. The normalized spacial score (nSPS) is 15.5. The summed E-state index contributed by atoms with van der Waals surface area (Å²) in [6.07, 6.45) is 0.845. The summed E-state index contributed by atoms with van der Waals surface area (Å²) >= 11 is 0. The number of nitrogens with zero attached hydrogens (tertiary/aromatic N) is 3. The highest BCUT2D eigenvalue weighted by Gasteiger charge is 2.27. The molecule has 2 N–H and O–H groups in total. The number of unbranched alkanes of at least 4 members (excludes halogenated alkanes) is 1. The second-order valence-corrected chi connectivity index (χ2v) is 7.90. The Morgan fingerprint density at radius 1 is 1.20 bits per heavy atom. The average Bonchev–Trinajstić information content (AvgIpc) is 3.50. The summed E-state index contributed by atoms with van der Waals surface area (Å²) in [6.45, 7) is 3.78. The van der Waals surface area contributed by atoms with Gasteiger partial charge in [-0.25, -0.2) is 9.59 Å². The zero-order chi connectivity index (χ0) is 25.2. The van der Waals surface area contributed by atoms with Crippen molar-refractivity contribution in [2.45, 2.75) is 51.7 Å². The summed E-state index contributed by atoms with van der Waals surface area (Å²) < 4.78 is 14.7. The smallest absolute Gasteiger partial charge is 0.407 e. The molecule has 2 heterocycles. The van der Waals surface area contributed by atoms with Gasteiger partial charge in [0.2, 0.25) is 17.6 Å². The van der Waals surface area contributed by atoms with Crippen LogP contribution in [0.5, 0.6) is 0 Å². The maximum atomic E-state index is 12.4. The lowest BCUT2D eigenvalue weighted by atomic mass is 10.0. The molecule has 1 aromatic heterocycles. The number of alkyl carbamates (subject to hydrolysis) is 1. The largest absolute Gasteiger partial charge is 0.467 e. The molecule has 188 valence electrons. The van der Waals surface area contributed by atoms with Crippen molar-refractivity contribution in [1.82, 2.24) is 20.8 Å². The van der Waals surface area contributed by atoms with Gasteiger partial charge in [0.25, 0.3) is 0 Å². The number of carbonyl (C=O) groups is 3. The molecule has 12 nitrogen and oxygen atoms in total. The Labute approximate surface area is 202 Å². The number of aryl methyl sites for hydroxylation is 1. The van der Waals surface area contributed by atoms with Crippen molar-refractivity contribution in [3.05, 3.63) is 35.7 Å². The van der Waals surface area contributed by atoms with Crippen molar-refractivity contribution >= 4 is 23.7 Å². The number of hydrogen-bond acceptors (Lipinski definition) is 10. The third kappa shape index (κ3) is 7.52. The Balaban J connectivity index is 1.45. The standard InChI is InChI=1S/C23H29N5O7/c1-4-5-10-33-23(31)26-19(22(30)32-3)13-24-20(29)12-17-11-18(27-35-17)15-6-8-16(9-7-15)21-25-14(2)34-28-21/h6-9,17,19H,4-5,10-13H2,1-3H3,(H,24,29)(H,26,31). The number of hydrogen-bond donors (Lipinski definition) is 2. The maximum Gasteiger partial charge on any atom is 0.407 e. The van der Waals surface area contributed by atoms with Gasteiger partial charge in [-0.1, -0.05) is 47.9 Å². The molecule has 2 unspecified atom stereocenters. The fraction of sp³-hybridized carbons (Fsp3) is 0.478. The van der Waals surface area contributed by atoms with Crippen LogP contribution in [-0.2, 0) is 23.9 Å². The fourth-order valence-electron chi connectivity index (χ4n) is 3.26. The van der Waals surface area contributed by atoms with Gasteiger partial charge in [-0.05, 0) is 12.0 Å². The van der Waals surface area contributed by atoms with E-state index in [2.05, 4.69) is 30.7 Å². The second-order valence-electron chi connectivity index (χ2n) is 7.90. The molecule has 0 saturated carbocycles. The van der Waals surface area contributed by atoms with E-state index in [1.807, 2.05) is 31.2 Å². The maximum absolute atomic E-state index is 12.4. The van der Waals surface area contributed by atoms with Crippen molar-refractivity contribution in [3.63, 3.8) is 0 Å². The quantitative estimate of drug-likeness (QED) is 0.358. The van der Waals surface area contributed by atoms with Crippen molar-refractivity contribution in [3.8, 4) is 11.4 Å². The van der Waals surface area contributed by atoms with Crippen LogP contribution in [0.1, 0.15) is 44.1 Å². The van der Waals surface area contributed by atoms with E-state index in [-0.39, 0.29) is 25.5 Å². The van der Waals surface area contributed by atoms with Gasteiger partial charge in [0.05, 0.1) is 25.8 Å². The summed E-state index contributed by atoms with van der Waals surface area (Å²) in [6, 6.07) is 6.39. The Hall–Kier alpha value is -3.96. The van der Waals surface area contributed by atoms with Crippen molar-refractivity contribution in [2.24, 2.45) is 5.16 Å². The van der Waals surface area contributed by atoms with E-state index in [1.54, 1.807) is 6.92 Å². The Kier molecular flexibility index (Phi) is 9.16. The predicted octanol–water partition coefficient (Wildman–Crippen LogP) is 2.11. The molecule has 0 aliphatic carbocycles. The van der Waals surface area contributed by atoms with E-state index in [1.165, 1.54) is 7.11 Å². The monoisotopic (exact) mass is 487 g/mol. The molecule has 2 amide bonds. The zero-order valence-corrected chi connectivity index (χ0v) is 19.9. The zero-order valence-electron chi connectivity index (χ0n) is 19.9. The number of rotatable bonds is 11. The highest BCUT2D eigenvalue weighted by atomic mass is 16.6. The van der Waals surface area contributed by atoms with Gasteiger partial charge in [0.1, 0.15) is 12.1 Å². The lowest BCUT2D eigenvalue weighted by Gasteiger charge is -2.17. The molecular weight excluding hydrogens is 458 g/mol. The van der Waals surface area contributed by atoms with Crippen LogP contribution in [0.3, 0.4) is 0 Å². The van der Waals surface area contributed by atoms with Crippen LogP contribution in [-0.4, -0.2) is 66.2 Å². The van der Waals surface area contributed by atoms with Crippen LogP contribution in [0.2, 0.25) is 0 Å². The van der Waals surface area contributed by atoms with E-state index in [4.69, 9.17) is 14.1 Å². The number of aromatic nitrogens is 2. The molecule has 0 bridgehead atoms. The lowest BCUT2D eigenvalue weighted by Crippen LogP contribution is -2.49. The number of methoxy groups -OCH3 is 1. The molecule has 2 atom stereocenters. The first-order chi connectivity index (χ1) is 16.9. The molecule has 0 saturated heterocycles. The number of amides is 2. The van der Waals surface area contributed by atoms with E-state index in [0.717, 1.165) is 17.5 Å². The summed E-state index contributed by atoms with van der Waals surface area (Å²) in [5, 5.41) is 13.0.